The Morgan fingerprint density at radius 2 is 2.05 bits per heavy atom. The van der Waals surface area contributed by atoms with Crippen LogP contribution in [0, 0.1) is 0 Å². The molecule has 2 aromatic rings. The fourth-order valence-corrected chi connectivity index (χ4v) is 3.23. The Morgan fingerprint density at radius 1 is 1.19 bits per heavy atom. The molecule has 2 nitrogen and oxygen atoms in total. The Kier molecular flexibility index (Phi) is 6.43. The van der Waals surface area contributed by atoms with Crippen LogP contribution in [0.15, 0.2) is 47.4 Å². The van der Waals surface area contributed by atoms with Gasteiger partial charge in [0.25, 0.3) is 0 Å². The van der Waals surface area contributed by atoms with Crippen molar-refractivity contribution in [3.05, 3.63) is 58.6 Å². The van der Waals surface area contributed by atoms with Crippen LogP contribution in [0.1, 0.15) is 18.1 Å². The zero-order valence-electron chi connectivity index (χ0n) is 12.4. The largest absolute Gasteiger partial charge is 0.496 e. The van der Waals surface area contributed by atoms with E-state index in [1.165, 1.54) is 16.0 Å². The molecule has 112 valence electrons. The van der Waals surface area contributed by atoms with E-state index in [0.717, 1.165) is 29.6 Å². The first-order chi connectivity index (χ1) is 10.2. The number of benzene rings is 2. The lowest BCUT2D eigenvalue weighted by atomic mass is 10.1. The van der Waals surface area contributed by atoms with Crippen LogP contribution in [-0.2, 0) is 12.3 Å². The molecule has 0 aliphatic carbocycles. The van der Waals surface area contributed by atoms with E-state index in [1.807, 2.05) is 24.3 Å². The summed E-state index contributed by atoms with van der Waals surface area (Å²) in [4.78, 5) is 1.17. The zero-order chi connectivity index (χ0) is 15.1. The maximum atomic E-state index is 6.02. The van der Waals surface area contributed by atoms with Crippen LogP contribution >= 0.6 is 23.4 Å². The minimum atomic E-state index is 0.771. The molecule has 0 saturated carbocycles. The van der Waals surface area contributed by atoms with E-state index in [1.54, 1.807) is 18.9 Å². The van der Waals surface area contributed by atoms with Gasteiger partial charge in [-0.15, -0.1) is 11.8 Å². The number of halogens is 1. The van der Waals surface area contributed by atoms with Crippen LogP contribution < -0.4 is 10.1 Å². The minimum Gasteiger partial charge on any atom is -0.496 e. The molecule has 0 aromatic heterocycles. The molecule has 0 aliphatic rings. The first-order valence-electron chi connectivity index (χ1n) is 6.97. The average Bonchev–Trinajstić information content (AvgIpc) is 2.51. The molecular weight excluding hydrogens is 302 g/mol. The predicted molar refractivity (Wildman–Crippen MR) is 91.4 cm³/mol. The standard InChI is InChI=1S/C17H20ClNOS/c1-3-19-11-13-7-8-17(20-2)14(9-13)12-21-16-6-4-5-15(18)10-16/h4-10,19H,3,11-12H2,1-2H3. The Morgan fingerprint density at radius 3 is 2.76 bits per heavy atom. The van der Waals surface area contributed by atoms with Gasteiger partial charge in [0.2, 0.25) is 0 Å². The summed E-state index contributed by atoms with van der Waals surface area (Å²) in [6, 6.07) is 14.3. The van der Waals surface area contributed by atoms with E-state index in [4.69, 9.17) is 16.3 Å². The maximum Gasteiger partial charge on any atom is 0.122 e. The van der Waals surface area contributed by atoms with Crippen molar-refractivity contribution in [2.24, 2.45) is 0 Å². The molecular formula is C17H20ClNOS. The molecule has 0 amide bonds. The highest BCUT2D eigenvalue weighted by Gasteiger charge is 2.06. The van der Waals surface area contributed by atoms with Crippen molar-refractivity contribution in [1.29, 1.82) is 0 Å². The molecule has 0 heterocycles. The van der Waals surface area contributed by atoms with Crippen LogP contribution in [-0.4, -0.2) is 13.7 Å². The molecule has 0 aliphatic heterocycles. The summed E-state index contributed by atoms with van der Waals surface area (Å²) in [6.45, 7) is 3.97. The third-order valence-electron chi connectivity index (χ3n) is 3.11. The van der Waals surface area contributed by atoms with E-state index in [0.29, 0.717) is 0 Å². The van der Waals surface area contributed by atoms with Gasteiger partial charge in [-0.2, -0.15) is 0 Å². The molecule has 0 bridgehead atoms. The number of rotatable bonds is 7. The molecule has 0 unspecified atom stereocenters. The Labute approximate surface area is 135 Å². The first-order valence-corrected chi connectivity index (χ1v) is 8.34. The van der Waals surface area contributed by atoms with Crippen LogP contribution in [0.25, 0.3) is 0 Å². The van der Waals surface area contributed by atoms with Crippen LogP contribution in [0.2, 0.25) is 5.02 Å². The Hall–Kier alpha value is -1.16. The van der Waals surface area contributed by atoms with Gasteiger partial charge in [-0.1, -0.05) is 30.7 Å². The highest BCUT2D eigenvalue weighted by Crippen LogP contribution is 2.30. The van der Waals surface area contributed by atoms with Crippen molar-refractivity contribution in [1.82, 2.24) is 5.32 Å². The zero-order valence-corrected chi connectivity index (χ0v) is 13.9. The third kappa shape index (κ3) is 4.95. The molecule has 0 spiro atoms. The van der Waals surface area contributed by atoms with Crippen molar-refractivity contribution in [2.75, 3.05) is 13.7 Å². The monoisotopic (exact) mass is 321 g/mol. The summed E-state index contributed by atoms with van der Waals surface area (Å²) >= 11 is 7.79. The number of hydrogen-bond acceptors (Lipinski definition) is 3. The molecule has 0 saturated heterocycles. The van der Waals surface area contributed by atoms with Crippen LogP contribution in [0.5, 0.6) is 5.75 Å². The van der Waals surface area contributed by atoms with Gasteiger partial charge in [-0.25, -0.2) is 0 Å². The van der Waals surface area contributed by atoms with Crippen molar-refractivity contribution in [3.63, 3.8) is 0 Å². The van der Waals surface area contributed by atoms with Crippen LogP contribution in [0.3, 0.4) is 0 Å². The molecule has 0 radical (unpaired) electrons. The SMILES string of the molecule is CCNCc1ccc(OC)c(CSc2cccc(Cl)c2)c1. The number of methoxy groups -OCH3 is 1. The van der Waals surface area contributed by atoms with Gasteiger partial charge in [-0.05, 0) is 42.4 Å². The normalized spacial score (nSPS) is 10.6. The molecule has 0 fully saturated rings. The highest BCUT2D eigenvalue weighted by molar-refractivity contribution is 7.98. The second-order valence-electron chi connectivity index (χ2n) is 4.67. The van der Waals surface area contributed by atoms with Crippen molar-refractivity contribution in [2.45, 2.75) is 24.1 Å². The predicted octanol–water partition coefficient (Wildman–Crippen LogP) is 4.75. The summed E-state index contributed by atoms with van der Waals surface area (Å²) in [5.74, 6) is 1.80. The molecule has 2 rings (SSSR count). The quantitative estimate of drug-likeness (QED) is 0.743. The second kappa shape index (κ2) is 8.32. The van der Waals surface area contributed by atoms with Crippen molar-refractivity contribution >= 4 is 23.4 Å². The number of thioether (sulfide) groups is 1. The molecule has 1 N–H and O–H groups in total. The smallest absolute Gasteiger partial charge is 0.122 e. The van der Waals surface area contributed by atoms with E-state index < -0.39 is 0 Å². The fourth-order valence-electron chi connectivity index (χ4n) is 2.04. The number of nitrogens with one attached hydrogen (secondary N) is 1. The molecule has 4 heteroatoms. The summed E-state index contributed by atoms with van der Waals surface area (Å²) < 4.78 is 5.46. The van der Waals surface area contributed by atoms with E-state index in [9.17, 15) is 0 Å². The average molecular weight is 322 g/mol. The number of ether oxygens (including phenoxy) is 1. The minimum absolute atomic E-state index is 0.771. The van der Waals surface area contributed by atoms with Crippen molar-refractivity contribution < 1.29 is 4.74 Å². The summed E-state index contributed by atoms with van der Waals surface area (Å²) in [7, 11) is 1.72. The van der Waals surface area contributed by atoms with Gasteiger partial charge in [0.1, 0.15) is 5.75 Å². The topological polar surface area (TPSA) is 21.3 Å². The summed E-state index contributed by atoms with van der Waals surface area (Å²) in [5, 5.41) is 4.12. The molecule has 0 atom stereocenters. The van der Waals surface area contributed by atoms with Gasteiger partial charge in [0.05, 0.1) is 7.11 Å². The van der Waals surface area contributed by atoms with Gasteiger partial charge < -0.3 is 10.1 Å². The van der Waals surface area contributed by atoms with Gasteiger partial charge >= 0.3 is 0 Å². The third-order valence-corrected chi connectivity index (χ3v) is 4.39. The van der Waals surface area contributed by atoms with Gasteiger partial charge in [-0.3, -0.25) is 0 Å². The van der Waals surface area contributed by atoms with Gasteiger partial charge in [0.15, 0.2) is 0 Å². The first kappa shape index (κ1) is 16.2. The summed E-state index contributed by atoms with van der Waals surface area (Å²) in [6.07, 6.45) is 0. The van der Waals surface area contributed by atoms with Crippen LogP contribution in [0.4, 0.5) is 0 Å². The Bertz CT molecular complexity index is 589. The lowest BCUT2D eigenvalue weighted by molar-refractivity contribution is 0.411. The van der Waals surface area contributed by atoms with E-state index in [2.05, 4.69) is 30.4 Å². The lowest BCUT2D eigenvalue weighted by Gasteiger charge is -2.11. The second-order valence-corrected chi connectivity index (χ2v) is 6.16. The molecule has 21 heavy (non-hydrogen) atoms. The molecule has 2 aromatic carbocycles. The highest BCUT2D eigenvalue weighted by atomic mass is 35.5. The summed E-state index contributed by atoms with van der Waals surface area (Å²) in [5.41, 5.74) is 2.48. The lowest BCUT2D eigenvalue weighted by Crippen LogP contribution is -2.11. The fraction of sp³-hybridized carbons (Fsp3) is 0.294. The maximum absolute atomic E-state index is 6.02. The number of hydrogen-bond donors (Lipinski definition) is 1. The van der Waals surface area contributed by atoms with E-state index >= 15 is 0 Å². The Balaban J connectivity index is 2.09. The van der Waals surface area contributed by atoms with Gasteiger partial charge in [0, 0.05) is 27.8 Å². The van der Waals surface area contributed by atoms with E-state index in [-0.39, 0.29) is 0 Å². The van der Waals surface area contributed by atoms with Crippen molar-refractivity contribution in [3.8, 4) is 5.75 Å².